The van der Waals surface area contributed by atoms with Crippen LogP contribution in [0, 0.1) is 11.8 Å². The van der Waals surface area contributed by atoms with Crippen LogP contribution in [0.25, 0.3) is 0 Å². The Morgan fingerprint density at radius 2 is 1.35 bits per heavy atom. The fourth-order valence-electron chi connectivity index (χ4n) is 2.85. The molecule has 2 heterocycles. The van der Waals surface area contributed by atoms with Crippen molar-refractivity contribution in [2.45, 2.75) is 12.2 Å². The van der Waals surface area contributed by atoms with Crippen LogP contribution in [0.1, 0.15) is 0 Å². The molecule has 0 unspecified atom stereocenters. The molecule has 0 radical (unpaired) electrons. The van der Waals surface area contributed by atoms with Gasteiger partial charge >= 0.3 is 0 Å². The first-order valence-electron chi connectivity index (χ1n) is 5.43. The Balaban J connectivity index is 2.10. The standard InChI is InChI=1S/C12H12O5/c1-15-11-9(13)7-5-3-4-6(17-5)8(7)10(14)12(11)16-2/h3-8H,1-2H3/t5-,6+,7-,8+. The average Bonchev–Trinajstić information content (AvgIpc) is 2.93. The third-order valence-electron chi connectivity index (χ3n) is 3.57. The predicted molar refractivity (Wildman–Crippen MR) is 55.8 cm³/mol. The second-order valence-electron chi connectivity index (χ2n) is 4.30. The predicted octanol–water partition coefficient (Wildman–Crippen LogP) is 0.212. The van der Waals surface area contributed by atoms with Crippen LogP contribution in [0.2, 0.25) is 0 Å². The van der Waals surface area contributed by atoms with Crippen molar-refractivity contribution in [2.75, 3.05) is 14.2 Å². The van der Waals surface area contributed by atoms with E-state index in [4.69, 9.17) is 14.2 Å². The maximum atomic E-state index is 12.2. The van der Waals surface area contributed by atoms with Crippen LogP contribution < -0.4 is 0 Å². The zero-order chi connectivity index (χ0) is 12.2. The van der Waals surface area contributed by atoms with E-state index in [-0.39, 0.29) is 35.3 Å². The Morgan fingerprint density at radius 1 is 0.941 bits per heavy atom. The number of Topliss-reactive ketones (excluding diaryl/α,β-unsaturated/α-hetero) is 2. The van der Waals surface area contributed by atoms with E-state index in [1.165, 1.54) is 14.2 Å². The minimum Gasteiger partial charge on any atom is -0.490 e. The summed E-state index contributed by atoms with van der Waals surface area (Å²) in [5, 5.41) is 0. The molecular weight excluding hydrogens is 224 g/mol. The van der Waals surface area contributed by atoms with Crippen LogP contribution in [-0.4, -0.2) is 38.0 Å². The quantitative estimate of drug-likeness (QED) is 0.641. The third kappa shape index (κ3) is 1.17. The monoisotopic (exact) mass is 236 g/mol. The van der Waals surface area contributed by atoms with Crippen molar-refractivity contribution in [3.63, 3.8) is 0 Å². The van der Waals surface area contributed by atoms with E-state index in [0.717, 1.165) is 0 Å². The van der Waals surface area contributed by atoms with Crippen LogP contribution in [0.5, 0.6) is 0 Å². The van der Waals surface area contributed by atoms with Gasteiger partial charge in [0.25, 0.3) is 0 Å². The second-order valence-corrected chi connectivity index (χ2v) is 4.30. The Bertz CT molecular complexity index is 422. The zero-order valence-electron chi connectivity index (χ0n) is 9.51. The van der Waals surface area contributed by atoms with E-state index >= 15 is 0 Å². The highest BCUT2D eigenvalue weighted by molar-refractivity contribution is 6.12. The second kappa shape index (κ2) is 3.43. The Hall–Kier alpha value is -1.62. The number of carbonyl (C=O) groups excluding carboxylic acids is 2. The van der Waals surface area contributed by atoms with Crippen LogP contribution in [-0.2, 0) is 23.8 Å². The molecule has 17 heavy (non-hydrogen) atoms. The number of rotatable bonds is 2. The molecule has 0 spiro atoms. The summed E-state index contributed by atoms with van der Waals surface area (Å²) in [7, 11) is 2.73. The lowest BCUT2D eigenvalue weighted by Gasteiger charge is -2.28. The van der Waals surface area contributed by atoms with Crippen molar-refractivity contribution in [1.29, 1.82) is 0 Å². The van der Waals surface area contributed by atoms with Gasteiger partial charge in [0.1, 0.15) is 0 Å². The van der Waals surface area contributed by atoms with E-state index in [1.807, 2.05) is 12.2 Å². The fourth-order valence-corrected chi connectivity index (χ4v) is 2.85. The van der Waals surface area contributed by atoms with Gasteiger partial charge in [0.05, 0.1) is 38.3 Å². The van der Waals surface area contributed by atoms with Gasteiger partial charge < -0.3 is 14.2 Å². The third-order valence-corrected chi connectivity index (χ3v) is 3.57. The molecule has 2 aliphatic heterocycles. The molecular formula is C12H12O5. The Labute approximate surface area is 98.0 Å². The van der Waals surface area contributed by atoms with E-state index in [2.05, 4.69) is 0 Å². The Morgan fingerprint density at radius 3 is 1.71 bits per heavy atom. The molecule has 0 N–H and O–H groups in total. The van der Waals surface area contributed by atoms with Crippen LogP contribution in [0.15, 0.2) is 23.7 Å². The summed E-state index contributed by atoms with van der Waals surface area (Å²) in [5.41, 5.74) is 0. The number of hydrogen-bond donors (Lipinski definition) is 0. The van der Waals surface area contributed by atoms with E-state index in [1.54, 1.807) is 0 Å². The molecule has 3 aliphatic rings. The molecule has 5 nitrogen and oxygen atoms in total. The Kier molecular flexibility index (Phi) is 2.13. The van der Waals surface area contributed by atoms with Gasteiger partial charge in [0.15, 0.2) is 0 Å². The van der Waals surface area contributed by atoms with Gasteiger partial charge in [-0.2, -0.15) is 0 Å². The van der Waals surface area contributed by atoms with Gasteiger partial charge in [-0.25, -0.2) is 0 Å². The summed E-state index contributed by atoms with van der Waals surface area (Å²) >= 11 is 0. The molecule has 0 aromatic heterocycles. The summed E-state index contributed by atoms with van der Waals surface area (Å²) in [5.74, 6) is -1.28. The van der Waals surface area contributed by atoms with Gasteiger partial charge in [-0.3, -0.25) is 9.59 Å². The van der Waals surface area contributed by atoms with Crippen molar-refractivity contribution in [1.82, 2.24) is 0 Å². The zero-order valence-corrected chi connectivity index (χ0v) is 9.51. The minimum atomic E-state index is -0.452. The highest BCUT2D eigenvalue weighted by atomic mass is 16.5. The van der Waals surface area contributed by atoms with Crippen molar-refractivity contribution in [2.24, 2.45) is 11.8 Å². The lowest BCUT2D eigenvalue weighted by molar-refractivity contribution is -0.135. The molecule has 1 aliphatic carbocycles. The SMILES string of the molecule is COC1=C(OC)C(=O)[C@H]2[C@@H](C1=O)[C@@H]1C=C[C@H]2O1. The first kappa shape index (κ1) is 10.5. The van der Waals surface area contributed by atoms with Gasteiger partial charge in [0.2, 0.25) is 23.1 Å². The largest absolute Gasteiger partial charge is 0.490 e. The molecule has 3 rings (SSSR count). The lowest BCUT2D eigenvalue weighted by atomic mass is 9.73. The summed E-state index contributed by atoms with van der Waals surface area (Å²) in [6.45, 7) is 0. The number of ketones is 2. The molecule has 0 saturated carbocycles. The van der Waals surface area contributed by atoms with E-state index in [9.17, 15) is 9.59 Å². The van der Waals surface area contributed by atoms with Crippen LogP contribution in [0.3, 0.4) is 0 Å². The maximum absolute atomic E-state index is 12.2. The number of allylic oxidation sites excluding steroid dienone is 2. The van der Waals surface area contributed by atoms with Crippen LogP contribution >= 0.6 is 0 Å². The highest BCUT2D eigenvalue weighted by Crippen LogP contribution is 2.45. The molecule has 1 saturated heterocycles. The topological polar surface area (TPSA) is 61.8 Å². The molecule has 4 atom stereocenters. The number of hydrogen-bond acceptors (Lipinski definition) is 5. The summed E-state index contributed by atoms with van der Waals surface area (Å²) in [6.07, 6.45) is 3.07. The molecule has 0 aromatic rings. The number of fused-ring (bicyclic) bond motifs is 5. The first-order chi connectivity index (χ1) is 8.19. The lowest BCUT2D eigenvalue weighted by Crippen LogP contribution is -2.43. The number of carbonyl (C=O) groups is 2. The fraction of sp³-hybridized carbons (Fsp3) is 0.500. The molecule has 0 amide bonds. The smallest absolute Gasteiger partial charge is 0.208 e. The first-order valence-corrected chi connectivity index (χ1v) is 5.43. The average molecular weight is 236 g/mol. The van der Waals surface area contributed by atoms with Crippen LogP contribution in [0.4, 0.5) is 0 Å². The normalized spacial score (nSPS) is 38.7. The van der Waals surface area contributed by atoms with Crippen molar-refractivity contribution in [3.8, 4) is 0 Å². The van der Waals surface area contributed by atoms with Gasteiger partial charge in [-0.05, 0) is 0 Å². The minimum absolute atomic E-state index is 0.0169. The summed E-state index contributed by atoms with van der Waals surface area (Å²) in [6, 6.07) is 0. The molecule has 1 fully saturated rings. The molecule has 0 aromatic carbocycles. The van der Waals surface area contributed by atoms with Crippen molar-refractivity contribution < 1.29 is 23.8 Å². The van der Waals surface area contributed by atoms with Gasteiger partial charge in [-0.1, -0.05) is 12.2 Å². The molecule has 90 valence electrons. The molecule has 2 bridgehead atoms. The van der Waals surface area contributed by atoms with Gasteiger partial charge in [0, 0.05) is 0 Å². The number of methoxy groups -OCH3 is 2. The van der Waals surface area contributed by atoms with Crippen molar-refractivity contribution >= 4 is 11.6 Å². The molecule has 5 heteroatoms. The summed E-state index contributed by atoms with van der Waals surface area (Å²) < 4.78 is 15.6. The van der Waals surface area contributed by atoms with E-state index in [0.29, 0.717) is 0 Å². The highest BCUT2D eigenvalue weighted by Gasteiger charge is 2.58. The summed E-state index contributed by atoms with van der Waals surface area (Å²) in [4.78, 5) is 24.4. The van der Waals surface area contributed by atoms with E-state index < -0.39 is 11.8 Å². The maximum Gasteiger partial charge on any atom is 0.208 e. The van der Waals surface area contributed by atoms with Crippen molar-refractivity contribution in [3.05, 3.63) is 23.7 Å². The number of ether oxygens (including phenoxy) is 3. The van der Waals surface area contributed by atoms with Gasteiger partial charge in [-0.15, -0.1) is 0 Å².